The van der Waals surface area contributed by atoms with Crippen molar-refractivity contribution in [2.45, 2.75) is 39.3 Å². The highest BCUT2D eigenvalue weighted by Gasteiger charge is 2.14. The number of hydrogen-bond acceptors (Lipinski definition) is 5. The van der Waals surface area contributed by atoms with Crippen LogP contribution in [0.4, 0.5) is 23.1 Å². The minimum atomic E-state index is 0.331. The zero-order chi connectivity index (χ0) is 20.1. The van der Waals surface area contributed by atoms with Crippen molar-refractivity contribution in [2.24, 2.45) is 0 Å². The third kappa shape index (κ3) is 4.86. The number of hydrogen-bond donors (Lipinski definition) is 1. The lowest BCUT2D eigenvalue weighted by Gasteiger charge is -2.28. The van der Waals surface area contributed by atoms with Crippen LogP contribution in [0.25, 0.3) is 0 Å². The van der Waals surface area contributed by atoms with Crippen molar-refractivity contribution in [3.05, 3.63) is 72.4 Å². The van der Waals surface area contributed by atoms with Crippen molar-refractivity contribution in [3.63, 3.8) is 0 Å². The van der Waals surface area contributed by atoms with E-state index in [1.54, 1.807) is 0 Å². The summed E-state index contributed by atoms with van der Waals surface area (Å²) >= 11 is 0. The van der Waals surface area contributed by atoms with E-state index in [-0.39, 0.29) is 0 Å². The summed E-state index contributed by atoms with van der Waals surface area (Å²) in [7, 11) is 0. The summed E-state index contributed by atoms with van der Waals surface area (Å²) < 4.78 is 0. The average molecular weight is 388 g/mol. The van der Waals surface area contributed by atoms with Crippen LogP contribution in [0.5, 0.6) is 0 Å². The topological polar surface area (TPSA) is 44.3 Å². The van der Waals surface area contributed by atoms with Gasteiger partial charge in [0.25, 0.3) is 0 Å². The molecule has 0 bridgehead atoms. The first kappa shape index (κ1) is 19.2. The highest BCUT2D eigenvalue weighted by molar-refractivity contribution is 5.60. The molecule has 1 aliphatic heterocycles. The van der Waals surface area contributed by atoms with Crippen LogP contribution < -0.4 is 15.1 Å². The van der Waals surface area contributed by atoms with Crippen LogP contribution >= 0.6 is 0 Å². The third-order valence-electron chi connectivity index (χ3n) is 5.35. The van der Waals surface area contributed by atoms with Gasteiger partial charge in [0.05, 0.1) is 0 Å². The van der Waals surface area contributed by atoms with Crippen molar-refractivity contribution < 1.29 is 0 Å². The van der Waals surface area contributed by atoms with Gasteiger partial charge in [-0.25, -0.2) is 4.98 Å². The second kappa shape index (κ2) is 8.95. The lowest BCUT2D eigenvalue weighted by atomic mass is 10.2. The zero-order valence-corrected chi connectivity index (χ0v) is 17.3. The molecule has 0 spiro atoms. The highest BCUT2D eigenvalue weighted by atomic mass is 15.2. The Morgan fingerprint density at radius 3 is 2.38 bits per heavy atom. The summed E-state index contributed by atoms with van der Waals surface area (Å²) in [6, 6.07) is 21.4. The van der Waals surface area contributed by atoms with Crippen LogP contribution in [0.15, 0.2) is 66.9 Å². The quantitative estimate of drug-likeness (QED) is 0.601. The lowest BCUT2D eigenvalue weighted by molar-refractivity contribution is 0.672. The van der Waals surface area contributed by atoms with Crippen LogP contribution in [0.3, 0.4) is 0 Å². The maximum absolute atomic E-state index is 4.78. The number of benzene rings is 2. The maximum Gasteiger partial charge on any atom is 0.229 e. The van der Waals surface area contributed by atoms with E-state index in [1.165, 1.54) is 24.1 Å². The molecule has 0 radical (unpaired) electrons. The van der Waals surface area contributed by atoms with E-state index in [0.717, 1.165) is 31.1 Å². The Bertz CT molecular complexity index is 902. The van der Waals surface area contributed by atoms with Crippen molar-refractivity contribution in [1.29, 1.82) is 0 Å². The summed E-state index contributed by atoms with van der Waals surface area (Å²) in [5, 5.41) is 3.35. The number of rotatable bonds is 7. The summed E-state index contributed by atoms with van der Waals surface area (Å²) in [6.07, 6.45) is 4.40. The molecule has 0 saturated carbocycles. The molecule has 5 nitrogen and oxygen atoms in total. The second-order valence-corrected chi connectivity index (χ2v) is 7.81. The zero-order valence-electron chi connectivity index (χ0n) is 17.3. The average Bonchev–Trinajstić information content (AvgIpc) is 3.28. The van der Waals surface area contributed by atoms with Crippen molar-refractivity contribution in [1.82, 2.24) is 9.97 Å². The molecule has 4 rings (SSSR count). The predicted molar refractivity (Wildman–Crippen MR) is 121 cm³/mol. The van der Waals surface area contributed by atoms with Gasteiger partial charge in [-0.3, -0.25) is 0 Å². The van der Waals surface area contributed by atoms with Gasteiger partial charge in [-0.1, -0.05) is 30.3 Å². The summed E-state index contributed by atoms with van der Waals surface area (Å²) in [4.78, 5) is 13.9. The van der Waals surface area contributed by atoms with Crippen LogP contribution in [-0.2, 0) is 6.54 Å². The number of aromatic nitrogens is 2. The molecular formula is C24H29N5. The molecule has 3 aromatic rings. The van der Waals surface area contributed by atoms with Gasteiger partial charge >= 0.3 is 0 Å². The monoisotopic (exact) mass is 387 g/mol. The highest BCUT2D eigenvalue weighted by Crippen LogP contribution is 2.24. The van der Waals surface area contributed by atoms with E-state index in [9.17, 15) is 0 Å². The summed E-state index contributed by atoms with van der Waals surface area (Å²) in [6.45, 7) is 7.51. The normalized spacial score (nSPS) is 13.7. The molecule has 29 heavy (non-hydrogen) atoms. The molecule has 0 unspecified atom stereocenters. The molecule has 1 N–H and O–H groups in total. The van der Waals surface area contributed by atoms with E-state index in [1.807, 2.05) is 18.3 Å². The van der Waals surface area contributed by atoms with Crippen molar-refractivity contribution >= 4 is 23.1 Å². The van der Waals surface area contributed by atoms with Crippen LogP contribution in [0, 0.1) is 0 Å². The van der Waals surface area contributed by atoms with Gasteiger partial charge in [-0.15, -0.1) is 0 Å². The smallest absolute Gasteiger partial charge is 0.229 e. The van der Waals surface area contributed by atoms with E-state index < -0.39 is 0 Å². The fourth-order valence-corrected chi connectivity index (χ4v) is 3.74. The molecular weight excluding hydrogens is 358 g/mol. The van der Waals surface area contributed by atoms with Gasteiger partial charge in [0.2, 0.25) is 5.95 Å². The molecule has 0 aliphatic carbocycles. The van der Waals surface area contributed by atoms with E-state index in [0.29, 0.717) is 12.0 Å². The number of nitrogens with zero attached hydrogens (tertiary/aromatic N) is 4. The first-order valence-corrected chi connectivity index (χ1v) is 10.4. The minimum absolute atomic E-state index is 0.331. The van der Waals surface area contributed by atoms with Gasteiger partial charge in [-0.2, -0.15) is 4.98 Å². The van der Waals surface area contributed by atoms with Gasteiger partial charge < -0.3 is 15.1 Å². The Kier molecular flexibility index (Phi) is 5.94. The molecule has 2 heterocycles. The van der Waals surface area contributed by atoms with Crippen LogP contribution in [-0.4, -0.2) is 29.1 Å². The molecule has 2 aromatic carbocycles. The summed E-state index contributed by atoms with van der Waals surface area (Å²) in [5.41, 5.74) is 3.56. The Labute approximate surface area is 173 Å². The van der Waals surface area contributed by atoms with E-state index in [2.05, 4.69) is 82.5 Å². The molecule has 1 saturated heterocycles. The fourth-order valence-electron chi connectivity index (χ4n) is 3.74. The van der Waals surface area contributed by atoms with Crippen LogP contribution in [0.1, 0.15) is 32.3 Å². The second-order valence-electron chi connectivity index (χ2n) is 7.81. The van der Waals surface area contributed by atoms with Gasteiger partial charge in [0.15, 0.2) is 0 Å². The fraction of sp³-hybridized carbons (Fsp3) is 0.333. The molecule has 150 valence electrons. The van der Waals surface area contributed by atoms with Crippen molar-refractivity contribution in [3.8, 4) is 0 Å². The largest absolute Gasteiger partial charge is 0.372 e. The Balaban J connectivity index is 1.48. The standard InChI is InChI=1S/C24H29N5/c1-19(2)29(18-20-8-4-3-5-9-20)23-14-15-25-24(27-23)26-21-10-12-22(13-11-21)28-16-6-7-17-28/h3-5,8-15,19H,6-7,16-18H2,1-2H3,(H,25,26,27). The molecule has 5 heteroatoms. The van der Waals surface area contributed by atoms with Gasteiger partial charge in [0.1, 0.15) is 5.82 Å². The maximum atomic E-state index is 4.78. The first-order valence-electron chi connectivity index (χ1n) is 10.4. The SMILES string of the molecule is CC(C)N(Cc1ccccc1)c1ccnc(Nc2ccc(N3CCCC3)cc2)n1. The van der Waals surface area contributed by atoms with Gasteiger partial charge in [-0.05, 0) is 62.6 Å². The van der Waals surface area contributed by atoms with Crippen LogP contribution in [0.2, 0.25) is 0 Å². The van der Waals surface area contributed by atoms with E-state index in [4.69, 9.17) is 4.98 Å². The summed E-state index contributed by atoms with van der Waals surface area (Å²) in [5.74, 6) is 1.55. The number of nitrogens with one attached hydrogen (secondary N) is 1. The molecule has 0 atom stereocenters. The minimum Gasteiger partial charge on any atom is -0.372 e. The Morgan fingerprint density at radius 1 is 0.966 bits per heavy atom. The molecule has 1 aromatic heterocycles. The first-order chi connectivity index (χ1) is 14.2. The molecule has 1 fully saturated rings. The Morgan fingerprint density at radius 2 is 1.69 bits per heavy atom. The predicted octanol–water partition coefficient (Wildman–Crippen LogP) is 5.24. The molecule has 0 amide bonds. The Hall–Kier alpha value is -3.08. The molecule has 1 aliphatic rings. The van der Waals surface area contributed by atoms with Crippen molar-refractivity contribution in [2.75, 3.05) is 28.2 Å². The third-order valence-corrected chi connectivity index (χ3v) is 5.35. The lowest BCUT2D eigenvalue weighted by Crippen LogP contribution is -2.31. The van der Waals surface area contributed by atoms with E-state index >= 15 is 0 Å². The number of anilines is 4. The van der Waals surface area contributed by atoms with Gasteiger partial charge in [0, 0.05) is 43.2 Å².